The SMILES string of the molecule is CN(Cc1csc(Br)c1)C(=O)c1ccc2ccccc2n1. The van der Waals surface area contributed by atoms with Crippen molar-refractivity contribution in [3.8, 4) is 0 Å². The van der Waals surface area contributed by atoms with Crippen LogP contribution >= 0.6 is 27.3 Å². The van der Waals surface area contributed by atoms with Crippen molar-refractivity contribution < 1.29 is 4.79 Å². The van der Waals surface area contributed by atoms with Gasteiger partial charge in [0.05, 0.1) is 9.30 Å². The van der Waals surface area contributed by atoms with Gasteiger partial charge in [-0.3, -0.25) is 4.79 Å². The molecule has 0 saturated carbocycles. The smallest absolute Gasteiger partial charge is 0.272 e. The van der Waals surface area contributed by atoms with Gasteiger partial charge in [0.2, 0.25) is 0 Å². The van der Waals surface area contributed by atoms with Gasteiger partial charge in [0, 0.05) is 19.0 Å². The monoisotopic (exact) mass is 360 g/mol. The minimum Gasteiger partial charge on any atom is -0.336 e. The summed E-state index contributed by atoms with van der Waals surface area (Å²) in [5, 5.41) is 3.08. The summed E-state index contributed by atoms with van der Waals surface area (Å²) in [6.07, 6.45) is 0. The van der Waals surface area contributed by atoms with E-state index in [0.29, 0.717) is 12.2 Å². The predicted molar refractivity (Wildman–Crippen MR) is 89.6 cm³/mol. The summed E-state index contributed by atoms with van der Waals surface area (Å²) in [6.45, 7) is 0.579. The standard InChI is InChI=1S/C16H13BrN2OS/c1-19(9-11-8-15(17)21-10-11)16(20)14-7-6-12-4-2-3-5-13(12)18-14/h2-8,10H,9H2,1H3. The van der Waals surface area contributed by atoms with Gasteiger partial charge in [-0.2, -0.15) is 0 Å². The number of amides is 1. The van der Waals surface area contributed by atoms with Gasteiger partial charge < -0.3 is 4.90 Å². The van der Waals surface area contributed by atoms with Crippen molar-refractivity contribution in [1.82, 2.24) is 9.88 Å². The molecule has 0 saturated heterocycles. The van der Waals surface area contributed by atoms with Gasteiger partial charge in [0.1, 0.15) is 5.69 Å². The summed E-state index contributed by atoms with van der Waals surface area (Å²) in [7, 11) is 1.80. The van der Waals surface area contributed by atoms with E-state index in [9.17, 15) is 4.79 Å². The zero-order valence-corrected chi connectivity index (χ0v) is 13.8. The largest absolute Gasteiger partial charge is 0.336 e. The molecule has 106 valence electrons. The minimum absolute atomic E-state index is 0.0666. The topological polar surface area (TPSA) is 33.2 Å². The summed E-state index contributed by atoms with van der Waals surface area (Å²) in [4.78, 5) is 18.6. The molecule has 1 aromatic carbocycles. The molecule has 0 atom stereocenters. The van der Waals surface area contributed by atoms with E-state index in [1.807, 2.05) is 41.8 Å². The van der Waals surface area contributed by atoms with E-state index in [1.54, 1.807) is 29.4 Å². The van der Waals surface area contributed by atoms with Crippen molar-refractivity contribution in [2.24, 2.45) is 0 Å². The summed E-state index contributed by atoms with van der Waals surface area (Å²) >= 11 is 5.05. The molecule has 0 aliphatic rings. The summed E-state index contributed by atoms with van der Waals surface area (Å²) < 4.78 is 1.07. The first-order valence-corrected chi connectivity index (χ1v) is 8.15. The highest BCUT2D eigenvalue weighted by Crippen LogP contribution is 2.22. The number of rotatable bonds is 3. The summed E-state index contributed by atoms with van der Waals surface area (Å²) in [5.74, 6) is -0.0666. The van der Waals surface area contributed by atoms with Crippen LogP contribution < -0.4 is 0 Å². The van der Waals surface area contributed by atoms with Gasteiger partial charge >= 0.3 is 0 Å². The van der Waals surface area contributed by atoms with Crippen LogP contribution in [0.3, 0.4) is 0 Å². The first-order valence-electron chi connectivity index (χ1n) is 6.47. The minimum atomic E-state index is -0.0666. The van der Waals surface area contributed by atoms with E-state index in [1.165, 1.54) is 0 Å². The second-order valence-corrected chi connectivity index (χ2v) is 7.10. The molecule has 0 bridgehead atoms. The number of halogens is 1. The zero-order chi connectivity index (χ0) is 14.8. The Kier molecular flexibility index (Phi) is 4.03. The number of nitrogens with zero attached hydrogens (tertiary/aromatic N) is 2. The molecule has 0 fully saturated rings. The van der Waals surface area contributed by atoms with Crippen LogP contribution in [-0.2, 0) is 6.54 Å². The number of hydrogen-bond acceptors (Lipinski definition) is 3. The molecule has 2 heterocycles. The molecule has 21 heavy (non-hydrogen) atoms. The molecule has 0 radical (unpaired) electrons. The number of hydrogen-bond donors (Lipinski definition) is 0. The van der Waals surface area contributed by atoms with Gasteiger partial charge in [0.15, 0.2) is 0 Å². The molecule has 3 nitrogen and oxygen atoms in total. The Morgan fingerprint density at radius 3 is 2.86 bits per heavy atom. The van der Waals surface area contributed by atoms with Crippen LogP contribution in [0.1, 0.15) is 16.1 Å². The van der Waals surface area contributed by atoms with Crippen LogP contribution in [0.4, 0.5) is 0 Å². The highest BCUT2D eigenvalue weighted by Gasteiger charge is 2.14. The normalized spacial score (nSPS) is 10.8. The lowest BCUT2D eigenvalue weighted by Gasteiger charge is -2.16. The molecule has 0 aliphatic carbocycles. The van der Waals surface area contributed by atoms with Crippen LogP contribution in [0, 0.1) is 0 Å². The summed E-state index contributed by atoms with van der Waals surface area (Å²) in [6, 6.07) is 13.5. The van der Waals surface area contributed by atoms with Crippen LogP contribution in [0.15, 0.2) is 51.6 Å². The van der Waals surface area contributed by atoms with Crippen LogP contribution in [-0.4, -0.2) is 22.8 Å². The lowest BCUT2D eigenvalue weighted by molar-refractivity contribution is 0.0780. The number of carbonyl (C=O) groups excluding carboxylic acids is 1. The van der Waals surface area contributed by atoms with E-state index in [-0.39, 0.29) is 5.91 Å². The lowest BCUT2D eigenvalue weighted by Crippen LogP contribution is -2.26. The molecule has 5 heteroatoms. The average molecular weight is 361 g/mol. The van der Waals surface area contributed by atoms with E-state index in [2.05, 4.69) is 20.9 Å². The predicted octanol–water partition coefficient (Wildman–Crippen LogP) is 4.33. The Morgan fingerprint density at radius 1 is 1.29 bits per heavy atom. The maximum atomic E-state index is 12.5. The fourth-order valence-corrected chi connectivity index (χ4v) is 3.36. The van der Waals surface area contributed by atoms with Gasteiger partial charge in [0.25, 0.3) is 5.91 Å². The third-order valence-corrected chi connectivity index (χ3v) is 4.76. The molecule has 0 spiro atoms. The van der Waals surface area contributed by atoms with Crippen molar-refractivity contribution in [3.63, 3.8) is 0 Å². The fraction of sp³-hybridized carbons (Fsp3) is 0.125. The number of thiophene rings is 1. The van der Waals surface area contributed by atoms with Gasteiger partial charge in [-0.1, -0.05) is 24.3 Å². The van der Waals surface area contributed by atoms with Crippen LogP contribution in [0.2, 0.25) is 0 Å². The van der Waals surface area contributed by atoms with Crippen molar-refractivity contribution in [2.75, 3.05) is 7.05 Å². The Bertz CT molecular complexity index is 800. The molecule has 0 aliphatic heterocycles. The number of para-hydroxylation sites is 1. The highest BCUT2D eigenvalue weighted by molar-refractivity contribution is 9.11. The molecule has 0 N–H and O–H groups in total. The lowest BCUT2D eigenvalue weighted by atomic mass is 10.2. The van der Waals surface area contributed by atoms with Crippen LogP contribution in [0.5, 0.6) is 0 Å². The number of benzene rings is 1. The molecular formula is C16H13BrN2OS. The van der Waals surface area contributed by atoms with Crippen molar-refractivity contribution in [1.29, 1.82) is 0 Å². The van der Waals surface area contributed by atoms with Crippen LogP contribution in [0.25, 0.3) is 10.9 Å². The first-order chi connectivity index (χ1) is 10.1. The Balaban J connectivity index is 1.82. The Labute approximate surface area is 135 Å². The number of pyridine rings is 1. The number of carbonyl (C=O) groups is 1. The third-order valence-electron chi connectivity index (χ3n) is 3.21. The molecular weight excluding hydrogens is 348 g/mol. The van der Waals surface area contributed by atoms with Gasteiger partial charge in [-0.15, -0.1) is 11.3 Å². The fourth-order valence-electron chi connectivity index (χ4n) is 2.16. The van der Waals surface area contributed by atoms with Crippen molar-refractivity contribution in [2.45, 2.75) is 6.54 Å². The highest BCUT2D eigenvalue weighted by atomic mass is 79.9. The molecule has 1 amide bonds. The number of fused-ring (bicyclic) bond motifs is 1. The third kappa shape index (κ3) is 3.14. The van der Waals surface area contributed by atoms with Gasteiger partial charge in [-0.05, 0) is 45.1 Å². The van der Waals surface area contributed by atoms with E-state index in [4.69, 9.17) is 0 Å². The van der Waals surface area contributed by atoms with Gasteiger partial charge in [-0.25, -0.2) is 4.98 Å². The number of aromatic nitrogens is 1. The molecule has 0 unspecified atom stereocenters. The van der Waals surface area contributed by atoms with E-state index < -0.39 is 0 Å². The second-order valence-electron chi connectivity index (χ2n) is 4.81. The second kappa shape index (κ2) is 5.95. The summed E-state index contributed by atoms with van der Waals surface area (Å²) in [5.41, 5.74) is 2.43. The van der Waals surface area contributed by atoms with Crippen molar-refractivity contribution in [3.05, 3.63) is 62.9 Å². The zero-order valence-electron chi connectivity index (χ0n) is 11.4. The molecule has 2 aromatic heterocycles. The van der Waals surface area contributed by atoms with E-state index in [0.717, 1.165) is 20.3 Å². The maximum Gasteiger partial charge on any atom is 0.272 e. The van der Waals surface area contributed by atoms with E-state index >= 15 is 0 Å². The Morgan fingerprint density at radius 2 is 2.10 bits per heavy atom. The average Bonchev–Trinajstić information content (AvgIpc) is 2.91. The Hall–Kier alpha value is -1.72. The molecule has 3 aromatic rings. The maximum absolute atomic E-state index is 12.5. The van der Waals surface area contributed by atoms with Crippen molar-refractivity contribution >= 4 is 44.1 Å². The quantitative estimate of drug-likeness (QED) is 0.696. The molecule has 3 rings (SSSR count). The first kappa shape index (κ1) is 14.2.